The van der Waals surface area contributed by atoms with Gasteiger partial charge in [-0.3, -0.25) is 0 Å². The average molecular weight is 310 g/mol. The van der Waals surface area contributed by atoms with Crippen molar-refractivity contribution >= 4 is 11.8 Å². The number of benzene rings is 1. The summed E-state index contributed by atoms with van der Waals surface area (Å²) in [5.41, 5.74) is 3.96. The summed E-state index contributed by atoms with van der Waals surface area (Å²) < 4.78 is 0. The van der Waals surface area contributed by atoms with Crippen LogP contribution in [0.2, 0.25) is 0 Å². The number of hydrogen-bond acceptors (Lipinski definition) is 4. The summed E-state index contributed by atoms with van der Waals surface area (Å²) in [5, 5.41) is 3.27. The highest BCUT2D eigenvalue weighted by molar-refractivity contribution is 5.49. The molecule has 2 aromatic rings. The van der Waals surface area contributed by atoms with Gasteiger partial charge in [0.1, 0.15) is 5.82 Å². The van der Waals surface area contributed by atoms with Crippen LogP contribution in [0.15, 0.2) is 30.3 Å². The van der Waals surface area contributed by atoms with E-state index in [0.717, 1.165) is 37.0 Å². The SMILES string of the molecule is CCNc1nc(C(C)C)cc(N2Cc3ccccc3C[C@H]2C)n1. The summed E-state index contributed by atoms with van der Waals surface area (Å²) in [6, 6.07) is 11.3. The predicted octanol–water partition coefficient (Wildman–Crippen LogP) is 3.98. The monoisotopic (exact) mass is 310 g/mol. The minimum atomic E-state index is 0.390. The average Bonchev–Trinajstić information content (AvgIpc) is 2.54. The molecule has 1 aromatic heterocycles. The van der Waals surface area contributed by atoms with E-state index >= 15 is 0 Å². The van der Waals surface area contributed by atoms with Gasteiger partial charge >= 0.3 is 0 Å². The number of nitrogens with zero attached hydrogens (tertiary/aromatic N) is 3. The summed E-state index contributed by atoms with van der Waals surface area (Å²) >= 11 is 0. The van der Waals surface area contributed by atoms with Crippen molar-refractivity contribution in [1.29, 1.82) is 0 Å². The van der Waals surface area contributed by atoms with Gasteiger partial charge in [-0.25, -0.2) is 4.98 Å². The molecule has 0 saturated heterocycles. The zero-order valence-electron chi connectivity index (χ0n) is 14.5. The lowest BCUT2D eigenvalue weighted by Crippen LogP contribution is -2.39. The van der Waals surface area contributed by atoms with Gasteiger partial charge in [-0.2, -0.15) is 4.98 Å². The molecule has 1 aromatic carbocycles. The molecule has 0 radical (unpaired) electrons. The van der Waals surface area contributed by atoms with E-state index in [4.69, 9.17) is 4.98 Å². The Hall–Kier alpha value is -2.10. The number of aromatic nitrogens is 2. The van der Waals surface area contributed by atoms with Crippen LogP contribution in [0.5, 0.6) is 0 Å². The Labute approximate surface area is 139 Å². The van der Waals surface area contributed by atoms with Crippen LogP contribution in [0.3, 0.4) is 0 Å². The maximum Gasteiger partial charge on any atom is 0.224 e. The Morgan fingerprint density at radius 1 is 1.22 bits per heavy atom. The van der Waals surface area contributed by atoms with Gasteiger partial charge in [-0.05, 0) is 37.3 Å². The largest absolute Gasteiger partial charge is 0.354 e. The van der Waals surface area contributed by atoms with E-state index < -0.39 is 0 Å². The maximum atomic E-state index is 4.76. The third-order valence-electron chi connectivity index (χ3n) is 4.46. The molecule has 4 heteroatoms. The molecule has 122 valence electrons. The zero-order valence-corrected chi connectivity index (χ0v) is 14.5. The van der Waals surface area contributed by atoms with Gasteiger partial charge in [0.2, 0.25) is 5.95 Å². The molecule has 1 aliphatic rings. The van der Waals surface area contributed by atoms with Crippen LogP contribution in [0, 0.1) is 0 Å². The molecule has 4 nitrogen and oxygen atoms in total. The summed E-state index contributed by atoms with van der Waals surface area (Å²) in [4.78, 5) is 11.8. The minimum Gasteiger partial charge on any atom is -0.354 e. The number of anilines is 2. The van der Waals surface area contributed by atoms with Crippen LogP contribution in [-0.4, -0.2) is 22.6 Å². The number of fused-ring (bicyclic) bond motifs is 1. The standard InChI is InChI=1S/C19H26N4/c1-5-20-19-21-17(13(2)3)11-18(22-19)23-12-16-9-7-6-8-15(16)10-14(23)4/h6-9,11,13-14H,5,10,12H2,1-4H3,(H,20,21,22)/t14-/m1/s1. The lowest BCUT2D eigenvalue weighted by Gasteiger charge is -2.36. The normalized spacial score (nSPS) is 17.3. The van der Waals surface area contributed by atoms with Crippen molar-refractivity contribution in [2.75, 3.05) is 16.8 Å². The Balaban J connectivity index is 1.97. The molecule has 1 N–H and O–H groups in total. The lowest BCUT2D eigenvalue weighted by molar-refractivity contribution is 0.585. The molecule has 1 aliphatic heterocycles. The van der Waals surface area contributed by atoms with Crippen molar-refractivity contribution in [2.24, 2.45) is 0 Å². The topological polar surface area (TPSA) is 41.1 Å². The molecular formula is C19H26N4. The second kappa shape index (κ2) is 6.57. The molecule has 0 saturated carbocycles. The van der Waals surface area contributed by atoms with Gasteiger partial charge in [0.05, 0.1) is 5.69 Å². The Kier molecular flexibility index (Phi) is 4.51. The smallest absolute Gasteiger partial charge is 0.224 e. The molecule has 1 atom stereocenters. The van der Waals surface area contributed by atoms with E-state index in [0.29, 0.717) is 12.0 Å². The molecule has 3 rings (SSSR count). The number of hydrogen-bond donors (Lipinski definition) is 1. The van der Waals surface area contributed by atoms with Gasteiger partial charge in [0.15, 0.2) is 0 Å². The van der Waals surface area contributed by atoms with Gasteiger partial charge < -0.3 is 10.2 Å². The van der Waals surface area contributed by atoms with Gasteiger partial charge in [0, 0.05) is 25.2 Å². The van der Waals surface area contributed by atoms with Crippen LogP contribution < -0.4 is 10.2 Å². The van der Waals surface area contributed by atoms with Crippen molar-refractivity contribution in [3.05, 3.63) is 47.2 Å². The highest BCUT2D eigenvalue weighted by atomic mass is 15.2. The highest BCUT2D eigenvalue weighted by Crippen LogP contribution is 2.29. The molecule has 23 heavy (non-hydrogen) atoms. The van der Waals surface area contributed by atoms with Gasteiger partial charge in [-0.1, -0.05) is 38.1 Å². The van der Waals surface area contributed by atoms with Crippen molar-refractivity contribution in [3.63, 3.8) is 0 Å². The summed E-state index contributed by atoms with van der Waals surface area (Å²) in [5.74, 6) is 2.16. The second-order valence-corrected chi connectivity index (χ2v) is 6.61. The Morgan fingerprint density at radius 3 is 2.65 bits per heavy atom. The highest BCUT2D eigenvalue weighted by Gasteiger charge is 2.24. The third kappa shape index (κ3) is 3.31. The first kappa shape index (κ1) is 15.8. The fourth-order valence-corrected chi connectivity index (χ4v) is 3.12. The van der Waals surface area contributed by atoms with Crippen LogP contribution >= 0.6 is 0 Å². The summed E-state index contributed by atoms with van der Waals surface area (Å²) in [7, 11) is 0. The van der Waals surface area contributed by atoms with E-state index in [-0.39, 0.29) is 0 Å². The van der Waals surface area contributed by atoms with E-state index in [1.807, 2.05) is 0 Å². The first-order valence-electron chi connectivity index (χ1n) is 8.54. The fraction of sp³-hybridized carbons (Fsp3) is 0.474. The molecule has 0 amide bonds. The van der Waals surface area contributed by atoms with Crippen LogP contribution in [-0.2, 0) is 13.0 Å². The molecular weight excluding hydrogens is 284 g/mol. The summed E-state index contributed by atoms with van der Waals surface area (Å²) in [6.45, 7) is 10.5. The van der Waals surface area contributed by atoms with Crippen molar-refractivity contribution < 1.29 is 0 Å². The molecule has 2 heterocycles. The Morgan fingerprint density at radius 2 is 1.96 bits per heavy atom. The van der Waals surface area contributed by atoms with E-state index in [1.54, 1.807) is 0 Å². The van der Waals surface area contributed by atoms with Crippen molar-refractivity contribution in [2.45, 2.75) is 52.6 Å². The molecule has 0 spiro atoms. The van der Waals surface area contributed by atoms with Crippen molar-refractivity contribution in [1.82, 2.24) is 9.97 Å². The van der Waals surface area contributed by atoms with Crippen molar-refractivity contribution in [3.8, 4) is 0 Å². The zero-order chi connectivity index (χ0) is 16.4. The van der Waals surface area contributed by atoms with E-state index in [9.17, 15) is 0 Å². The van der Waals surface area contributed by atoms with E-state index in [1.165, 1.54) is 11.1 Å². The van der Waals surface area contributed by atoms with E-state index in [2.05, 4.69) is 73.2 Å². The van der Waals surface area contributed by atoms with Crippen LogP contribution in [0.25, 0.3) is 0 Å². The van der Waals surface area contributed by atoms with Gasteiger partial charge in [-0.15, -0.1) is 0 Å². The summed E-state index contributed by atoms with van der Waals surface area (Å²) in [6.07, 6.45) is 1.06. The third-order valence-corrected chi connectivity index (χ3v) is 4.46. The molecule has 0 fully saturated rings. The second-order valence-electron chi connectivity index (χ2n) is 6.61. The first-order valence-corrected chi connectivity index (χ1v) is 8.54. The lowest BCUT2D eigenvalue weighted by atomic mass is 9.95. The predicted molar refractivity (Wildman–Crippen MR) is 96.1 cm³/mol. The molecule has 0 aliphatic carbocycles. The van der Waals surface area contributed by atoms with Crippen LogP contribution in [0.1, 0.15) is 50.4 Å². The number of nitrogens with one attached hydrogen (secondary N) is 1. The Bertz CT molecular complexity index is 681. The minimum absolute atomic E-state index is 0.390. The maximum absolute atomic E-state index is 4.76. The van der Waals surface area contributed by atoms with Gasteiger partial charge in [0.25, 0.3) is 0 Å². The first-order chi connectivity index (χ1) is 11.1. The molecule has 0 bridgehead atoms. The number of rotatable bonds is 4. The van der Waals surface area contributed by atoms with Crippen LogP contribution in [0.4, 0.5) is 11.8 Å². The quantitative estimate of drug-likeness (QED) is 0.927. The molecule has 0 unspecified atom stereocenters. The fourth-order valence-electron chi connectivity index (χ4n) is 3.12.